The molecule has 1 aliphatic rings. The Morgan fingerprint density at radius 1 is 1.11 bits per heavy atom. The maximum Gasteiger partial charge on any atom is 0.251 e. The Morgan fingerprint density at radius 3 is 2.70 bits per heavy atom. The number of nitrogens with one attached hydrogen (secondary N) is 1. The first-order valence-electron chi connectivity index (χ1n) is 9.81. The van der Waals surface area contributed by atoms with Gasteiger partial charge in [-0.2, -0.15) is 4.68 Å². The summed E-state index contributed by atoms with van der Waals surface area (Å²) >= 11 is 0. The molecule has 140 valence electrons. The zero-order valence-electron chi connectivity index (χ0n) is 15.7. The molecular weight excluding hydrogens is 338 g/mol. The van der Waals surface area contributed by atoms with Crippen LogP contribution in [-0.4, -0.2) is 31.9 Å². The fraction of sp³-hybridized carbons (Fsp3) is 0.429. The number of pyridine rings is 1. The van der Waals surface area contributed by atoms with Gasteiger partial charge in [-0.1, -0.05) is 43.4 Å². The van der Waals surface area contributed by atoms with Gasteiger partial charge in [0.2, 0.25) is 0 Å². The summed E-state index contributed by atoms with van der Waals surface area (Å²) in [6, 6.07) is 9.72. The van der Waals surface area contributed by atoms with Gasteiger partial charge in [0.1, 0.15) is 5.52 Å². The van der Waals surface area contributed by atoms with Crippen molar-refractivity contribution in [3.8, 4) is 5.69 Å². The highest BCUT2D eigenvalue weighted by Gasteiger charge is 2.17. The van der Waals surface area contributed by atoms with Gasteiger partial charge in [0.15, 0.2) is 5.65 Å². The van der Waals surface area contributed by atoms with Gasteiger partial charge in [-0.15, -0.1) is 5.10 Å². The predicted octanol–water partition coefficient (Wildman–Crippen LogP) is 3.97. The third kappa shape index (κ3) is 3.84. The van der Waals surface area contributed by atoms with Crippen LogP contribution in [0, 0.1) is 6.92 Å². The summed E-state index contributed by atoms with van der Waals surface area (Å²) in [5, 5.41) is 11.6. The number of benzene rings is 1. The van der Waals surface area contributed by atoms with Gasteiger partial charge in [-0.3, -0.25) is 4.79 Å². The van der Waals surface area contributed by atoms with Gasteiger partial charge in [0.25, 0.3) is 5.91 Å². The molecule has 4 rings (SSSR count). The minimum absolute atomic E-state index is 0.0146. The van der Waals surface area contributed by atoms with E-state index in [4.69, 9.17) is 0 Å². The van der Waals surface area contributed by atoms with Gasteiger partial charge in [0.05, 0.1) is 5.69 Å². The van der Waals surface area contributed by atoms with Crippen molar-refractivity contribution in [2.24, 2.45) is 0 Å². The molecule has 0 spiro atoms. The van der Waals surface area contributed by atoms with Crippen LogP contribution in [0.4, 0.5) is 0 Å². The SMILES string of the molecule is Cc1ccc(C(=O)NC2CCCCCCC2)cc1-n1nnc2cccnc21. The Kier molecular flexibility index (Phi) is 5.14. The lowest BCUT2D eigenvalue weighted by molar-refractivity contribution is 0.0930. The number of carbonyl (C=O) groups excluding carboxylic acids is 1. The molecule has 1 amide bonds. The molecule has 0 radical (unpaired) electrons. The molecule has 0 bridgehead atoms. The molecule has 0 aliphatic heterocycles. The monoisotopic (exact) mass is 363 g/mol. The number of aryl methyl sites for hydroxylation is 1. The second-order valence-corrected chi connectivity index (χ2v) is 7.36. The van der Waals surface area contributed by atoms with E-state index in [1.807, 2.05) is 37.3 Å². The van der Waals surface area contributed by atoms with Gasteiger partial charge >= 0.3 is 0 Å². The Morgan fingerprint density at radius 2 is 1.89 bits per heavy atom. The Labute approximate surface area is 159 Å². The van der Waals surface area contributed by atoms with Crippen LogP contribution in [0.1, 0.15) is 60.9 Å². The molecule has 0 saturated heterocycles. The highest BCUT2D eigenvalue weighted by molar-refractivity contribution is 5.95. The van der Waals surface area contributed by atoms with Crippen LogP contribution in [0.5, 0.6) is 0 Å². The topological polar surface area (TPSA) is 72.7 Å². The quantitative estimate of drug-likeness (QED) is 0.764. The lowest BCUT2D eigenvalue weighted by atomic mass is 9.96. The van der Waals surface area contributed by atoms with Crippen LogP contribution in [-0.2, 0) is 0 Å². The van der Waals surface area contributed by atoms with E-state index in [2.05, 4.69) is 20.6 Å². The van der Waals surface area contributed by atoms with E-state index in [0.29, 0.717) is 11.2 Å². The van der Waals surface area contributed by atoms with Gasteiger partial charge < -0.3 is 5.32 Å². The smallest absolute Gasteiger partial charge is 0.251 e. The van der Waals surface area contributed by atoms with Crippen molar-refractivity contribution in [3.63, 3.8) is 0 Å². The van der Waals surface area contributed by atoms with E-state index in [1.54, 1.807) is 10.9 Å². The number of hydrogen-bond donors (Lipinski definition) is 1. The lowest BCUT2D eigenvalue weighted by Crippen LogP contribution is -2.35. The van der Waals surface area contributed by atoms with Crippen molar-refractivity contribution in [2.45, 2.75) is 57.9 Å². The number of fused-ring (bicyclic) bond motifs is 1. The second-order valence-electron chi connectivity index (χ2n) is 7.36. The summed E-state index contributed by atoms with van der Waals surface area (Å²) in [5.74, 6) is -0.0146. The van der Waals surface area contributed by atoms with Gasteiger partial charge in [-0.25, -0.2) is 4.98 Å². The minimum atomic E-state index is -0.0146. The zero-order valence-corrected chi connectivity index (χ0v) is 15.7. The van der Waals surface area contributed by atoms with Crippen LogP contribution in [0.25, 0.3) is 16.9 Å². The molecule has 0 unspecified atom stereocenters. The van der Waals surface area contributed by atoms with Gasteiger partial charge in [-0.05, 0) is 49.6 Å². The van der Waals surface area contributed by atoms with E-state index in [1.165, 1.54) is 32.1 Å². The van der Waals surface area contributed by atoms with Crippen LogP contribution in [0.2, 0.25) is 0 Å². The average molecular weight is 363 g/mol. The Balaban J connectivity index is 1.59. The van der Waals surface area contributed by atoms with Crippen LogP contribution in [0.15, 0.2) is 36.5 Å². The number of amides is 1. The molecule has 3 aromatic rings. The van der Waals surface area contributed by atoms with E-state index in [0.717, 1.165) is 29.6 Å². The third-order valence-corrected chi connectivity index (χ3v) is 5.35. The summed E-state index contributed by atoms with van der Waals surface area (Å²) < 4.78 is 1.71. The van der Waals surface area contributed by atoms with Crippen LogP contribution in [0.3, 0.4) is 0 Å². The molecule has 1 saturated carbocycles. The number of carbonyl (C=O) groups is 1. The normalized spacial score (nSPS) is 16.0. The van der Waals surface area contributed by atoms with E-state index in [-0.39, 0.29) is 11.9 Å². The van der Waals surface area contributed by atoms with Crippen LogP contribution < -0.4 is 5.32 Å². The first-order valence-corrected chi connectivity index (χ1v) is 9.81. The van der Waals surface area contributed by atoms with Crippen molar-refractivity contribution in [2.75, 3.05) is 0 Å². The van der Waals surface area contributed by atoms with Crippen molar-refractivity contribution in [1.82, 2.24) is 25.3 Å². The molecule has 0 atom stereocenters. The largest absolute Gasteiger partial charge is 0.349 e. The van der Waals surface area contributed by atoms with E-state index in [9.17, 15) is 4.79 Å². The number of hydrogen-bond acceptors (Lipinski definition) is 4. The highest BCUT2D eigenvalue weighted by Crippen LogP contribution is 2.21. The van der Waals surface area contributed by atoms with Crippen molar-refractivity contribution >= 4 is 17.1 Å². The third-order valence-electron chi connectivity index (χ3n) is 5.35. The molecule has 1 aliphatic carbocycles. The lowest BCUT2D eigenvalue weighted by Gasteiger charge is -2.21. The first kappa shape index (κ1) is 17.6. The summed E-state index contributed by atoms with van der Waals surface area (Å²) in [4.78, 5) is 17.2. The van der Waals surface area contributed by atoms with E-state index >= 15 is 0 Å². The average Bonchev–Trinajstić information content (AvgIpc) is 3.08. The standard InChI is InChI=1S/C21H25N5O/c1-15-11-12-16(21(27)23-17-8-5-3-2-4-6-9-17)14-19(15)26-20-18(24-25-26)10-7-13-22-20/h7,10-14,17H,2-6,8-9H2,1H3,(H,23,27). The van der Waals surface area contributed by atoms with Crippen molar-refractivity contribution in [1.29, 1.82) is 0 Å². The summed E-state index contributed by atoms with van der Waals surface area (Å²) in [7, 11) is 0. The molecule has 6 heteroatoms. The molecule has 27 heavy (non-hydrogen) atoms. The maximum absolute atomic E-state index is 12.8. The number of rotatable bonds is 3. The predicted molar refractivity (Wildman–Crippen MR) is 105 cm³/mol. The van der Waals surface area contributed by atoms with Crippen molar-refractivity contribution < 1.29 is 4.79 Å². The molecule has 6 nitrogen and oxygen atoms in total. The fourth-order valence-corrected chi connectivity index (χ4v) is 3.78. The Hall–Kier alpha value is -2.76. The second kappa shape index (κ2) is 7.86. The minimum Gasteiger partial charge on any atom is -0.349 e. The summed E-state index contributed by atoms with van der Waals surface area (Å²) in [5.41, 5.74) is 3.94. The highest BCUT2D eigenvalue weighted by atomic mass is 16.1. The fourth-order valence-electron chi connectivity index (χ4n) is 3.78. The molecular formula is C21H25N5O. The zero-order chi connectivity index (χ0) is 18.6. The van der Waals surface area contributed by atoms with Gasteiger partial charge in [0, 0.05) is 17.8 Å². The van der Waals surface area contributed by atoms with Crippen molar-refractivity contribution in [3.05, 3.63) is 47.7 Å². The number of aromatic nitrogens is 4. The molecule has 1 N–H and O–H groups in total. The van der Waals surface area contributed by atoms with E-state index < -0.39 is 0 Å². The molecule has 1 fully saturated rings. The Bertz CT molecular complexity index is 941. The summed E-state index contributed by atoms with van der Waals surface area (Å²) in [6.45, 7) is 2.00. The molecule has 2 heterocycles. The molecule has 2 aromatic heterocycles. The number of nitrogens with zero attached hydrogens (tertiary/aromatic N) is 4. The maximum atomic E-state index is 12.8. The first-order chi connectivity index (χ1) is 13.2. The molecule has 1 aromatic carbocycles. The summed E-state index contributed by atoms with van der Waals surface area (Å²) in [6.07, 6.45) is 10.1. The van der Waals surface area contributed by atoms with Crippen LogP contribution >= 0.6 is 0 Å².